The van der Waals surface area contributed by atoms with Crippen LogP contribution in [0.5, 0.6) is 0 Å². The summed E-state index contributed by atoms with van der Waals surface area (Å²) in [6, 6.07) is -19.9. The lowest BCUT2D eigenvalue weighted by Gasteiger charge is -2.18. The van der Waals surface area contributed by atoms with E-state index in [9.17, 15) is 11.0 Å². The van der Waals surface area contributed by atoms with Crippen LogP contribution in [0.3, 0.4) is 0 Å². The van der Waals surface area contributed by atoms with Crippen LogP contribution in [0.4, 0.5) is 0 Å². The maximum absolute atomic E-state index is 9.55. The molecule has 8 aromatic carbocycles. The fourth-order valence-electron chi connectivity index (χ4n) is 5.26. The van der Waals surface area contributed by atoms with Crippen molar-refractivity contribution in [1.29, 1.82) is 0 Å². The van der Waals surface area contributed by atoms with E-state index in [-0.39, 0.29) is 10.8 Å². The minimum Gasteiger partial charge on any atom is -0.456 e. The van der Waals surface area contributed by atoms with Crippen LogP contribution in [-0.4, -0.2) is 0 Å². The Balaban J connectivity index is 1.56. The van der Waals surface area contributed by atoms with Crippen molar-refractivity contribution in [3.8, 4) is 33.4 Å². The Morgan fingerprint density at radius 2 is 1.00 bits per heavy atom. The molecule has 0 bridgehead atoms. The minimum absolute atomic E-state index is 0.366. The van der Waals surface area contributed by atoms with Crippen molar-refractivity contribution in [1.82, 2.24) is 0 Å². The second-order valence-electron chi connectivity index (χ2n) is 9.35. The largest absolute Gasteiger partial charge is 0.456 e. The molecule has 43 heavy (non-hydrogen) atoms. The van der Waals surface area contributed by atoms with Crippen molar-refractivity contribution in [2.24, 2.45) is 0 Å². The van der Waals surface area contributed by atoms with E-state index in [1.54, 1.807) is 0 Å². The van der Waals surface area contributed by atoms with E-state index in [1.807, 2.05) is 0 Å². The van der Waals surface area contributed by atoms with Crippen LogP contribution < -0.4 is 0 Å². The maximum Gasteiger partial charge on any atom is 0.136 e. The first kappa shape index (κ1) is 9.97. The average Bonchev–Trinajstić information content (AvgIpc) is 3.70. The molecule has 0 spiro atoms. The topological polar surface area (TPSA) is 13.1 Å². The summed E-state index contributed by atoms with van der Waals surface area (Å²) in [7, 11) is 0. The first-order chi connectivity index (χ1) is 31.7. The fourth-order valence-corrected chi connectivity index (χ4v) is 5.26. The molecule has 1 nitrogen and oxygen atoms in total. The van der Waals surface area contributed by atoms with Crippen molar-refractivity contribution < 1.29 is 38.7 Å². The molecule has 0 saturated carbocycles. The lowest BCUT2D eigenvalue weighted by Crippen LogP contribution is -1.91. The van der Waals surface area contributed by atoms with Crippen LogP contribution in [0.25, 0.3) is 87.6 Å². The number of hydrogen-bond donors (Lipinski definition) is 0. The van der Waals surface area contributed by atoms with Crippen LogP contribution in [0, 0.1) is 0 Å². The van der Waals surface area contributed by atoms with Crippen molar-refractivity contribution >= 4 is 54.3 Å². The van der Waals surface area contributed by atoms with Gasteiger partial charge in [-0.15, -0.1) is 0 Å². The minimum atomic E-state index is -0.915. The van der Waals surface area contributed by atoms with Gasteiger partial charge >= 0.3 is 0 Å². The van der Waals surface area contributed by atoms with Gasteiger partial charge in [-0.3, -0.25) is 0 Å². The molecule has 1 aromatic heterocycles. The highest BCUT2D eigenvalue weighted by Crippen LogP contribution is 2.45. The normalized spacial score (nSPS) is 19.9. The number of rotatable bonds is 3. The van der Waals surface area contributed by atoms with Crippen LogP contribution in [-0.2, 0) is 0 Å². The zero-order valence-electron chi connectivity index (χ0n) is 46.5. The summed E-state index contributed by atoms with van der Waals surface area (Å²) in [5.74, 6) is 0. The summed E-state index contributed by atoms with van der Waals surface area (Å²) in [6.45, 7) is 0. The van der Waals surface area contributed by atoms with Crippen molar-refractivity contribution in [3.63, 3.8) is 0 Å². The summed E-state index contributed by atoms with van der Waals surface area (Å²) in [6.07, 6.45) is 0. The molecule has 0 radical (unpaired) electrons. The molecule has 200 valence electrons. The van der Waals surface area contributed by atoms with Gasteiger partial charge < -0.3 is 4.42 Å². The van der Waals surface area contributed by atoms with Gasteiger partial charge in [-0.25, -0.2) is 0 Å². The van der Waals surface area contributed by atoms with Gasteiger partial charge in [0.15, 0.2) is 0 Å². The molecular formula is C42H26O. The lowest BCUT2D eigenvalue weighted by molar-refractivity contribution is 0.669. The second-order valence-corrected chi connectivity index (χ2v) is 9.35. The SMILES string of the molecule is [2H]c1c([2H])c([2H])c(-c2c([2H])c([2H])c([2H])c3oc4cc(-c5c6c([2H])c([2H])c([2H])c([2H])c6c(-c6c([2H])c([2H])c7c([2H])c([2H])c([2H])c([2H])c7c6[2H])c6c([2H])c([2H])c([2H])c([2H])c56)c([2H])c([2H])c4c23)c([2H])c1[2H]. The number of benzene rings is 8. The zero-order chi connectivity index (χ0) is 50.1. The molecule has 0 N–H and O–H groups in total. The van der Waals surface area contributed by atoms with E-state index < -0.39 is 228 Å². The highest BCUT2D eigenvalue weighted by atomic mass is 16.3. The number of furan rings is 1. The van der Waals surface area contributed by atoms with E-state index in [2.05, 4.69) is 0 Å². The van der Waals surface area contributed by atoms with Gasteiger partial charge in [0, 0.05) is 10.8 Å². The standard InChI is InChI=1S/C42H26O/c1-2-12-28(13-3-1)32-19-10-20-38-42(32)37-24-23-31(26-39(37)43-38)41-35-17-8-6-15-33(35)40(34-16-7-9-18-36(34)41)30-22-21-27-11-4-5-14-29(27)25-30/h1-26H/i1D,2D,3D,4D,5D,6D,7D,8D,9D,10D,11D,12D,13D,14D,15D,16D,17D,18D,19D,20D,21D,22D,23D,24D,25D. The van der Waals surface area contributed by atoms with E-state index in [4.69, 9.17) is 27.7 Å². The Labute approximate surface area is 284 Å². The molecule has 0 atom stereocenters. The van der Waals surface area contributed by atoms with Gasteiger partial charge in [-0.1, -0.05) is 133 Å². The Morgan fingerprint density at radius 3 is 1.72 bits per heavy atom. The van der Waals surface area contributed by atoms with Crippen molar-refractivity contribution in [3.05, 3.63) is 157 Å². The molecule has 0 unspecified atom stereocenters. The highest BCUT2D eigenvalue weighted by molar-refractivity contribution is 6.22. The summed E-state index contributed by atoms with van der Waals surface area (Å²) >= 11 is 0. The smallest absolute Gasteiger partial charge is 0.136 e. The van der Waals surface area contributed by atoms with E-state index in [0.717, 1.165) is 6.07 Å². The van der Waals surface area contributed by atoms with Gasteiger partial charge in [0.1, 0.15) is 11.2 Å². The predicted molar refractivity (Wildman–Crippen MR) is 183 cm³/mol. The third-order valence-electron chi connectivity index (χ3n) is 7.04. The molecule has 0 aliphatic carbocycles. The van der Waals surface area contributed by atoms with Crippen LogP contribution in [0.2, 0.25) is 0 Å². The molecular weight excluding hydrogens is 520 g/mol. The fraction of sp³-hybridized carbons (Fsp3) is 0. The van der Waals surface area contributed by atoms with Gasteiger partial charge in [-0.05, 0) is 89.9 Å². The van der Waals surface area contributed by atoms with Crippen LogP contribution in [0.1, 0.15) is 34.3 Å². The maximum atomic E-state index is 9.55. The zero-order valence-corrected chi connectivity index (χ0v) is 21.5. The van der Waals surface area contributed by atoms with Gasteiger partial charge in [-0.2, -0.15) is 0 Å². The number of hydrogen-bond acceptors (Lipinski definition) is 1. The highest BCUT2D eigenvalue weighted by Gasteiger charge is 2.19. The third-order valence-corrected chi connectivity index (χ3v) is 7.04. The summed E-state index contributed by atoms with van der Waals surface area (Å²) in [5, 5.41) is -4.26. The third kappa shape index (κ3) is 3.72. The van der Waals surface area contributed by atoms with E-state index in [0.29, 0.717) is 0 Å². The van der Waals surface area contributed by atoms with Crippen molar-refractivity contribution in [2.75, 3.05) is 0 Å². The number of fused-ring (bicyclic) bond motifs is 6. The molecule has 0 aliphatic heterocycles. The summed E-state index contributed by atoms with van der Waals surface area (Å²) in [4.78, 5) is 0. The quantitative estimate of drug-likeness (QED) is 0.192. The van der Waals surface area contributed by atoms with Crippen LogP contribution in [0.15, 0.2) is 162 Å². The monoisotopic (exact) mass is 571 g/mol. The van der Waals surface area contributed by atoms with Gasteiger partial charge in [0.25, 0.3) is 0 Å². The first-order valence-electron chi connectivity index (χ1n) is 25.2. The Kier molecular flexibility index (Phi) is 2.19. The Hall–Kier alpha value is -5.66. The molecule has 0 aliphatic rings. The molecule has 0 fully saturated rings. The lowest BCUT2D eigenvalue weighted by atomic mass is 9.85. The van der Waals surface area contributed by atoms with Crippen molar-refractivity contribution in [2.45, 2.75) is 0 Å². The Bertz CT molecular complexity index is 3800. The summed E-state index contributed by atoms with van der Waals surface area (Å²) < 4.78 is 227. The first-order valence-corrected chi connectivity index (χ1v) is 12.7. The Morgan fingerprint density at radius 1 is 0.395 bits per heavy atom. The molecule has 0 saturated heterocycles. The van der Waals surface area contributed by atoms with Gasteiger partial charge in [0.2, 0.25) is 0 Å². The molecule has 9 rings (SSSR count). The second kappa shape index (κ2) is 9.44. The molecule has 1 heteroatoms. The molecule has 1 heterocycles. The molecule has 0 amide bonds. The summed E-state index contributed by atoms with van der Waals surface area (Å²) in [5.41, 5.74) is -4.36. The molecule has 9 aromatic rings. The van der Waals surface area contributed by atoms with Crippen LogP contribution >= 0.6 is 0 Å². The average molecular weight is 572 g/mol. The predicted octanol–water partition coefficient (Wildman–Crippen LogP) is 12.0. The van der Waals surface area contributed by atoms with E-state index >= 15 is 0 Å². The van der Waals surface area contributed by atoms with E-state index in [1.165, 1.54) is 0 Å². The van der Waals surface area contributed by atoms with Gasteiger partial charge in [0.05, 0.1) is 34.3 Å².